The quantitative estimate of drug-likeness (QED) is 0.848. The lowest BCUT2D eigenvalue weighted by atomic mass is 10.3. The summed E-state index contributed by atoms with van der Waals surface area (Å²) < 4.78 is 5.99. The number of hydrogen-bond donors (Lipinski definition) is 1. The molecule has 15 heavy (non-hydrogen) atoms. The van der Waals surface area contributed by atoms with Crippen LogP contribution in [0, 0.1) is 0 Å². The average molecular weight is 292 g/mol. The van der Waals surface area contributed by atoms with Crippen LogP contribution in [0.15, 0.2) is 15.9 Å². The second kappa shape index (κ2) is 6.25. The zero-order chi connectivity index (χ0) is 11.3. The molecule has 1 atom stereocenters. The molecule has 5 heteroatoms. The van der Waals surface area contributed by atoms with Crippen molar-refractivity contribution in [3.63, 3.8) is 0 Å². The number of esters is 1. The molecule has 3 nitrogen and oxygen atoms in total. The highest BCUT2D eigenvalue weighted by Crippen LogP contribution is 2.21. The summed E-state index contributed by atoms with van der Waals surface area (Å²) in [6.45, 7) is 4.73. The molecule has 0 saturated heterocycles. The summed E-state index contributed by atoms with van der Waals surface area (Å²) >= 11 is 5.05. The first-order valence-electron chi connectivity index (χ1n) is 4.77. The summed E-state index contributed by atoms with van der Waals surface area (Å²) in [5, 5.41) is 3.11. The maximum atomic E-state index is 11.3. The van der Waals surface area contributed by atoms with Gasteiger partial charge in [0.2, 0.25) is 0 Å². The van der Waals surface area contributed by atoms with E-state index in [0.717, 1.165) is 3.79 Å². The van der Waals surface area contributed by atoms with E-state index in [4.69, 9.17) is 4.74 Å². The lowest BCUT2D eigenvalue weighted by molar-refractivity contribution is -0.145. The van der Waals surface area contributed by atoms with Crippen LogP contribution in [-0.4, -0.2) is 18.6 Å². The van der Waals surface area contributed by atoms with Crippen LogP contribution in [0.5, 0.6) is 0 Å². The number of nitrogens with one attached hydrogen (secondary N) is 1. The molecule has 0 bridgehead atoms. The maximum Gasteiger partial charge on any atom is 0.322 e. The van der Waals surface area contributed by atoms with E-state index in [1.807, 2.05) is 12.1 Å². The van der Waals surface area contributed by atoms with Gasteiger partial charge in [0.25, 0.3) is 0 Å². The zero-order valence-electron chi connectivity index (χ0n) is 8.75. The number of rotatable bonds is 5. The second-order valence-corrected chi connectivity index (χ2v) is 5.61. The van der Waals surface area contributed by atoms with Crippen molar-refractivity contribution in [2.45, 2.75) is 26.4 Å². The summed E-state index contributed by atoms with van der Waals surface area (Å²) in [5.41, 5.74) is 0. The predicted octanol–water partition coefficient (Wildman–Crippen LogP) is 2.55. The summed E-state index contributed by atoms with van der Waals surface area (Å²) in [5.74, 6) is -0.201. The number of halogens is 1. The highest BCUT2D eigenvalue weighted by molar-refractivity contribution is 9.11. The van der Waals surface area contributed by atoms with Crippen molar-refractivity contribution < 1.29 is 9.53 Å². The number of ether oxygens (including phenoxy) is 1. The van der Waals surface area contributed by atoms with Crippen LogP contribution in [0.3, 0.4) is 0 Å². The van der Waals surface area contributed by atoms with Crippen LogP contribution in [0.2, 0.25) is 0 Å². The van der Waals surface area contributed by atoms with Crippen molar-refractivity contribution in [1.82, 2.24) is 5.32 Å². The van der Waals surface area contributed by atoms with Crippen LogP contribution in [0.4, 0.5) is 0 Å². The van der Waals surface area contributed by atoms with Crippen molar-refractivity contribution in [2.75, 3.05) is 6.61 Å². The zero-order valence-corrected chi connectivity index (χ0v) is 11.2. The Bertz CT molecular complexity index is 327. The van der Waals surface area contributed by atoms with Gasteiger partial charge in [0, 0.05) is 11.4 Å². The van der Waals surface area contributed by atoms with Crippen LogP contribution in [0.1, 0.15) is 18.7 Å². The fourth-order valence-corrected chi connectivity index (χ4v) is 2.49. The fourth-order valence-electron chi connectivity index (χ4n) is 1.05. The van der Waals surface area contributed by atoms with Crippen molar-refractivity contribution in [1.29, 1.82) is 0 Å². The third kappa shape index (κ3) is 4.32. The lowest BCUT2D eigenvalue weighted by Gasteiger charge is -2.11. The molecule has 0 radical (unpaired) electrons. The maximum absolute atomic E-state index is 11.3. The molecule has 84 valence electrons. The van der Waals surface area contributed by atoms with E-state index in [1.165, 1.54) is 4.88 Å². The first-order chi connectivity index (χ1) is 7.13. The minimum Gasteiger partial charge on any atom is -0.465 e. The van der Waals surface area contributed by atoms with E-state index in [0.29, 0.717) is 13.2 Å². The summed E-state index contributed by atoms with van der Waals surface area (Å²) in [6.07, 6.45) is 0. The Morgan fingerprint density at radius 3 is 2.93 bits per heavy atom. The van der Waals surface area contributed by atoms with Crippen molar-refractivity contribution in [2.24, 2.45) is 0 Å². The molecule has 0 spiro atoms. The minimum atomic E-state index is -0.258. The van der Waals surface area contributed by atoms with Crippen molar-refractivity contribution in [3.8, 4) is 0 Å². The van der Waals surface area contributed by atoms with E-state index in [1.54, 1.807) is 25.2 Å². The van der Waals surface area contributed by atoms with Crippen LogP contribution < -0.4 is 5.32 Å². The Balaban J connectivity index is 2.33. The number of carbonyl (C=O) groups excluding carboxylic acids is 1. The van der Waals surface area contributed by atoms with E-state index >= 15 is 0 Å². The highest BCUT2D eigenvalue weighted by Gasteiger charge is 2.12. The Labute approximate surface area is 102 Å². The number of carbonyl (C=O) groups is 1. The number of thiophene rings is 1. The smallest absolute Gasteiger partial charge is 0.322 e. The van der Waals surface area contributed by atoms with Crippen LogP contribution in [0.25, 0.3) is 0 Å². The Morgan fingerprint density at radius 1 is 1.67 bits per heavy atom. The number of hydrogen-bond acceptors (Lipinski definition) is 4. The third-order valence-corrected chi connectivity index (χ3v) is 3.48. The van der Waals surface area contributed by atoms with Gasteiger partial charge in [-0.15, -0.1) is 11.3 Å². The molecule has 1 aromatic heterocycles. The normalized spacial score (nSPS) is 12.5. The Kier molecular flexibility index (Phi) is 5.28. The summed E-state index contributed by atoms with van der Waals surface area (Å²) in [6, 6.07) is 3.77. The van der Waals surface area contributed by atoms with Gasteiger partial charge in [-0.3, -0.25) is 10.1 Å². The van der Waals surface area contributed by atoms with Gasteiger partial charge in [-0.2, -0.15) is 0 Å². The van der Waals surface area contributed by atoms with Crippen LogP contribution >= 0.6 is 27.3 Å². The molecule has 0 aliphatic carbocycles. The molecular weight excluding hydrogens is 278 g/mol. The standard InChI is InChI=1S/C10H14BrNO2S/c1-3-14-10(13)7(2)12-6-8-4-5-9(11)15-8/h4-5,7,12H,3,6H2,1-2H3. The fraction of sp³-hybridized carbons (Fsp3) is 0.500. The topological polar surface area (TPSA) is 38.3 Å². The predicted molar refractivity (Wildman–Crippen MR) is 65.0 cm³/mol. The van der Waals surface area contributed by atoms with E-state index in [9.17, 15) is 4.79 Å². The first-order valence-corrected chi connectivity index (χ1v) is 6.38. The van der Waals surface area contributed by atoms with E-state index in [2.05, 4.69) is 21.2 Å². The first kappa shape index (κ1) is 12.7. The molecule has 0 aromatic carbocycles. The van der Waals surface area contributed by atoms with Crippen molar-refractivity contribution in [3.05, 3.63) is 20.8 Å². The van der Waals surface area contributed by atoms with Gasteiger partial charge in [-0.25, -0.2) is 0 Å². The minimum absolute atomic E-state index is 0.201. The average Bonchev–Trinajstić information content (AvgIpc) is 2.61. The molecule has 0 aliphatic rings. The van der Waals surface area contributed by atoms with Gasteiger partial charge in [0.15, 0.2) is 0 Å². The molecular formula is C10H14BrNO2S. The van der Waals surface area contributed by atoms with Gasteiger partial charge in [-0.1, -0.05) is 0 Å². The highest BCUT2D eigenvalue weighted by atomic mass is 79.9. The largest absolute Gasteiger partial charge is 0.465 e. The Morgan fingerprint density at radius 2 is 2.40 bits per heavy atom. The molecule has 1 unspecified atom stereocenters. The molecule has 0 saturated carbocycles. The molecule has 0 aliphatic heterocycles. The molecule has 1 aromatic rings. The van der Waals surface area contributed by atoms with Crippen molar-refractivity contribution >= 4 is 33.2 Å². The van der Waals surface area contributed by atoms with Gasteiger partial charge < -0.3 is 4.74 Å². The van der Waals surface area contributed by atoms with Gasteiger partial charge in [0.1, 0.15) is 6.04 Å². The molecule has 0 amide bonds. The molecule has 1 N–H and O–H groups in total. The SMILES string of the molecule is CCOC(=O)C(C)NCc1ccc(Br)s1. The molecule has 0 fully saturated rings. The van der Waals surface area contributed by atoms with Crippen LogP contribution in [-0.2, 0) is 16.1 Å². The van der Waals surface area contributed by atoms with E-state index in [-0.39, 0.29) is 12.0 Å². The third-order valence-electron chi connectivity index (χ3n) is 1.85. The van der Waals surface area contributed by atoms with Gasteiger partial charge >= 0.3 is 5.97 Å². The van der Waals surface area contributed by atoms with E-state index < -0.39 is 0 Å². The monoisotopic (exact) mass is 291 g/mol. The lowest BCUT2D eigenvalue weighted by Crippen LogP contribution is -2.34. The summed E-state index contributed by atoms with van der Waals surface area (Å²) in [4.78, 5) is 12.5. The molecule has 1 heterocycles. The van der Waals surface area contributed by atoms with Gasteiger partial charge in [-0.05, 0) is 41.9 Å². The summed E-state index contributed by atoms with van der Waals surface area (Å²) in [7, 11) is 0. The second-order valence-electron chi connectivity index (χ2n) is 3.06. The molecule has 1 rings (SSSR count). The van der Waals surface area contributed by atoms with Gasteiger partial charge in [0.05, 0.1) is 10.4 Å². The Hall–Kier alpha value is -0.390.